The predicted octanol–water partition coefficient (Wildman–Crippen LogP) is 6.22. The molecule has 0 aliphatic carbocycles. The molecular weight excluding hydrogens is 446 g/mol. The molecule has 0 aliphatic rings. The zero-order chi connectivity index (χ0) is 26.7. The molecule has 7 nitrogen and oxygen atoms in total. The van der Waals surface area contributed by atoms with Crippen LogP contribution in [0.3, 0.4) is 0 Å². The van der Waals surface area contributed by atoms with Crippen molar-refractivity contribution in [3.8, 4) is 0 Å². The number of aliphatic carboxylic acids is 3. The fraction of sp³-hybridized carbons (Fsp3) is 0.821. The monoisotopic (exact) mass is 498 g/mol. The molecule has 0 aromatic heterocycles. The molecule has 0 radical (unpaired) electrons. The van der Waals surface area contributed by atoms with E-state index in [1.54, 1.807) is 20.8 Å². The molecule has 0 aromatic carbocycles. The first kappa shape index (κ1) is 33.1. The van der Waals surface area contributed by atoms with Gasteiger partial charge in [-0.1, -0.05) is 64.0 Å². The van der Waals surface area contributed by atoms with Crippen LogP contribution in [0.15, 0.2) is 12.2 Å². The van der Waals surface area contributed by atoms with E-state index in [1.807, 2.05) is 0 Å². The fourth-order valence-electron chi connectivity index (χ4n) is 4.80. The maximum absolute atomic E-state index is 11.6. The Balaban J connectivity index is 4.67. The van der Waals surface area contributed by atoms with Crippen molar-refractivity contribution in [2.75, 3.05) is 26.2 Å². The Morgan fingerprint density at radius 3 is 1.31 bits per heavy atom. The molecule has 204 valence electrons. The summed E-state index contributed by atoms with van der Waals surface area (Å²) < 4.78 is 0.222. The van der Waals surface area contributed by atoms with Crippen LogP contribution >= 0.6 is 0 Å². The van der Waals surface area contributed by atoms with Gasteiger partial charge in [0.25, 0.3) is 0 Å². The molecule has 0 aromatic rings. The van der Waals surface area contributed by atoms with Gasteiger partial charge >= 0.3 is 17.9 Å². The number of rotatable bonds is 23. The first-order valence-corrected chi connectivity index (χ1v) is 13.7. The summed E-state index contributed by atoms with van der Waals surface area (Å²) in [5.41, 5.74) is 0. The van der Waals surface area contributed by atoms with E-state index >= 15 is 0 Å². The number of nitrogens with zero attached hydrogens (tertiary/aromatic N) is 1. The summed E-state index contributed by atoms with van der Waals surface area (Å²) >= 11 is 0. The van der Waals surface area contributed by atoms with E-state index in [4.69, 9.17) is 0 Å². The molecule has 0 bridgehead atoms. The van der Waals surface area contributed by atoms with Gasteiger partial charge in [0, 0.05) is 0 Å². The minimum absolute atomic E-state index is 0.222. The van der Waals surface area contributed by atoms with Crippen LogP contribution in [0.2, 0.25) is 0 Å². The van der Waals surface area contributed by atoms with Crippen molar-refractivity contribution in [1.82, 2.24) is 0 Å². The Morgan fingerprint density at radius 1 is 0.600 bits per heavy atom. The third kappa shape index (κ3) is 16.4. The molecule has 3 N–H and O–H groups in total. The summed E-state index contributed by atoms with van der Waals surface area (Å²) in [5.74, 6) is -4.81. The molecule has 3 atom stereocenters. The van der Waals surface area contributed by atoms with Crippen LogP contribution in [0.25, 0.3) is 0 Å². The second-order valence-corrected chi connectivity index (χ2v) is 10.6. The smallest absolute Gasteiger partial charge is 0.311 e. The minimum atomic E-state index is -0.935. The quantitative estimate of drug-likeness (QED) is 0.0875. The van der Waals surface area contributed by atoms with Crippen LogP contribution in [-0.2, 0) is 14.4 Å². The third-order valence-corrected chi connectivity index (χ3v) is 6.89. The van der Waals surface area contributed by atoms with Crippen LogP contribution in [0, 0.1) is 17.8 Å². The average molecular weight is 499 g/mol. The van der Waals surface area contributed by atoms with Gasteiger partial charge in [-0.05, 0) is 52.9 Å². The molecule has 0 amide bonds. The van der Waals surface area contributed by atoms with Gasteiger partial charge in [0.05, 0.1) is 26.2 Å². The highest BCUT2D eigenvalue weighted by molar-refractivity contribution is 5.70. The highest BCUT2D eigenvalue weighted by atomic mass is 16.4. The Hall–Kier alpha value is -1.89. The predicted molar refractivity (Wildman–Crippen MR) is 140 cm³/mol. The topological polar surface area (TPSA) is 112 Å². The standard InChI is InChI=1S/C28H51NO6/c1-5-6-7-8-9-10-11-12-13-14-15-16-17-18-19-29(20-23(2)26(30)31,21-24(3)27(32)33)22-25(4)28(34)35/h8-9,23-25H,5-7,10-22H2,1-4H3,(H2-,30,31,32,33,34,35)/p+1/b9-8+. The minimum Gasteiger partial charge on any atom is -0.481 e. The van der Waals surface area contributed by atoms with E-state index in [-0.39, 0.29) is 24.1 Å². The number of unbranched alkanes of at least 4 members (excludes halogenated alkanes) is 10. The fourth-order valence-corrected chi connectivity index (χ4v) is 4.80. The van der Waals surface area contributed by atoms with Gasteiger partial charge in [-0.3, -0.25) is 14.4 Å². The molecule has 35 heavy (non-hydrogen) atoms. The number of allylic oxidation sites excluding steroid dienone is 2. The highest BCUT2D eigenvalue weighted by Crippen LogP contribution is 2.22. The molecule has 0 rings (SSSR count). The molecule has 0 saturated carbocycles. The van der Waals surface area contributed by atoms with Crippen molar-refractivity contribution in [2.45, 2.75) is 105 Å². The van der Waals surface area contributed by atoms with Gasteiger partial charge in [-0.2, -0.15) is 0 Å². The zero-order valence-electron chi connectivity index (χ0n) is 22.7. The van der Waals surface area contributed by atoms with Gasteiger partial charge in [0.1, 0.15) is 17.8 Å². The Labute approximate surface area is 213 Å². The van der Waals surface area contributed by atoms with E-state index in [9.17, 15) is 29.7 Å². The molecule has 0 fully saturated rings. The Morgan fingerprint density at radius 2 is 0.943 bits per heavy atom. The number of hydrogen-bond donors (Lipinski definition) is 3. The lowest BCUT2D eigenvalue weighted by atomic mass is 10.00. The molecule has 3 unspecified atom stereocenters. The van der Waals surface area contributed by atoms with E-state index in [2.05, 4.69) is 19.1 Å². The van der Waals surface area contributed by atoms with Crippen molar-refractivity contribution in [2.24, 2.45) is 17.8 Å². The van der Waals surface area contributed by atoms with Crippen molar-refractivity contribution in [3.05, 3.63) is 12.2 Å². The maximum Gasteiger partial charge on any atom is 0.311 e. The molecular formula is C28H52NO6+. The molecule has 0 aliphatic heterocycles. The van der Waals surface area contributed by atoms with E-state index in [1.165, 1.54) is 51.4 Å². The molecule has 0 saturated heterocycles. The van der Waals surface area contributed by atoms with Gasteiger partial charge in [0.2, 0.25) is 0 Å². The highest BCUT2D eigenvalue weighted by Gasteiger charge is 2.38. The zero-order valence-corrected chi connectivity index (χ0v) is 22.7. The summed E-state index contributed by atoms with van der Waals surface area (Å²) in [5, 5.41) is 28.4. The van der Waals surface area contributed by atoms with Crippen molar-refractivity contribution in [1.29, 1.82) is 0 Å². The molecule has 0 spiro atoms. The average Bonchev–Trinajstić information content (AvgIpc) is 2.78. The van der Waals surface area contributed by atoms with E-state index < -0.39 is 35.7 Å². The van der Waals surface area contributed by atoms with Crippen molar-refractivity contribution < 1.29 is 34.2 Å². The summed E-state index contributed by atoms with van der Waals surface area (Å²) in [6, 6.07) is 0. The van der Waals surface area contributed by atoms with E-state index in [0.29, 0.717) is 6.54 Å². The summed E-state index contributed by atoms with van der Waals surface area (Å²) in [4.78, 5) is 34.7. The van der Waals surface area contributed by atoms with Gasteiger partial charge in [-0.15, -0.1) is 0 Å². The number of hydrogen-bond acceptors (Lipinski definition) is 3. The Bertz CT molecular complexity index is 578. The summed E-state index contributed by atoms with van der Waals surface area (Å²) in [6.07, 6.45) is 18.5. The molecule has 7 heteroatoms. The van der Waals surface area contributed by atoms with Crippen LogP contribution < -0.4 is 0 Å². The number of carboxylic acids is 3. The Kier molecular flexibility index (Phi) is 18.3. The number of carbonyl (C=O) groups is 3. The summed E-state index contributed by atoms with van der Waals surface area (Å²) in [7, 11) is 0. The SMILES string of the molecule is CCCC/C=C/CCCCCCCCCC[N+](CC(C)C(=O)O)(CC(C)C(=O)O)CC(C)C(=O)O. The van der Waals surface area contributed by atoms with Crippen LogP contribution in [0.4, 0.5) is 0 Å². The lowest BCUT2D eigenvalue weighted by molar-refractivity contribution is -0.934. The van der Waals surface area contributed by atoms with Crippen LogP contribution in [-0.4, -0.2) is 63.9 Å². The first-order valence-electron chi connectivity index (χ1n) is 13.7. The molecule has 0 heterocycles. The number of quaternary nitrogens is 1. The summed E-state index contributed by atoms with van der Waals surface area (Å²) in [6.45, 7) is 8.42. The van der Waals surface area contributed by atoms with Gasteiger partial charge in [-0.25, -0.2) is 0 Å². The maximum atomic E-state index is 11.6. The van der Waals surface area contributed by atoms with Crippen molar-refractivity contribution >= 4 is 17.9 Å². The lowest BCUT2D eigenvalue weighted by Gasteiger charge is -2.42. The lowest BCUT2D eigenvalue weighted by Crippen LogP contribution is -2.57. The van der Waals surface area contributed by atoms with E-state index in [0.717, 1.165) is 25.7 Å². The second kappa shape index (κ2) is 19.3. The first-order chi connectivity index (χ1) is 16.5. The normalized spacial score (nSPS) is 16.0. The van der Waals surface area contributed by atoms with Crippen molar-refractivity contribution in [3.63, 3.8) is 0 Å². The second-order valence-electron chi connectivity index (χ2n) is 10.6. The van der Waals surface area contributed by atoms with Crippen LogP contribution in [0.5, 0.6) is 0 Å². The third-order valence-electron chi connectivity index (χ3n) is 6.89. The van der Waals surface area contributed by atoms with Gasteiger partial charge in [0.15, 0.2) is 0 Å². The number of carboxylic acid groups (broad SMARTS) is 3. The van der Waals surface area contributed by atoms with Crippen LogP contribution in [0.1, 0.15) is 105 Å². The largest absolute Gasteiger partial charge is 0.481 e. The van der Waals surface area contributed by atoms with Gasteiger partial charge < -0.3 is 19.8 Å².